The molecule has 2 aromatic rings. The van der Waals surface area contributed by atoms with E-state index in [1.807, 2.05) is 12.1 Å². The molecule has 124 valence electrons. The van der Waals surface area contributed by atoms with Gasteiger partial charge in [0.2, 0.25) is 0 Å². The number of fused-ring (bicyclic) bond motifs is 3. The molecule has 0 N–H and O–H groups in total. The average Bonchev–Trinajstić information content (AvgIpc) is 2.60. The van der Waals surface area contributed by atoms with Crippen molar-refractivity contribution in [1.29, 1.82) is 0 Å². The fraction of sp³-hybridized carbons (Fsp3) is 0.333. The van der Waals surface area contributed by atoms with E-state index >= 15 is 0 Å². The summed E-state index contributed by atoms with van der Waals surface area (Å²) in [5, 5.41) is 0. The Balaban J connectivity index is 1.67. The molecule has 24 heavy (non-hydrogen) atoms. The van der Waals surface area contributed by atoms with E-state index in [4.69, 9.17) is 14.2 Å². The Labute approximate surface area is 142 Å². The van der Waals surface area contributed by atoms with Crippen LogP contribution in [-0.4, -0.2) is 12.7 Å². The van der Waals surface area contributed by atoms with Crippen LogP contribution in [0.15, 0.2) is 42.5 Å². The normalized spacial score (nSPS) is 20.4. The molecule has 0 spiro atoms. The summed E-state index contributed by atoms with van der Waals surface area (Å²) in [7, 11) is 1.68. The predicted octanol–water partition coefficient (Wildman–Crippen LogP) is 4.95. The maximum absolute atomic E-state index is 6.39. The van der Waals surface area contributed by atoms with E-state index in [1.54, 1.807) is 7.11 Å². The molecule has 4 rings (SSSR count). The highest BCUT2D eigenvalue weighted by atomic mass is 16.5. The van der Waals surface area contributed by atoms with Crippen LogP contribution in [0.2, 0.25) is 0 Å². The van der Waals surface area contributed by atoms with Gasteiger partial charge >= 0.3 is 0 Å². The quantitative estimate of drug-likeness (QED) is 0.783. The minimum Gasteiger partial charge on any atom is -0.497 e. The molecule has 2 aliphatic rings. The van der Waals surface area contributed by atoms with Gasteiger partial charge in [0.1, 0.15) is 29.0 Å². The first-order valence-corrected chi connectivity index (χ1v) is 8.40. The van der Waals surface area contributed by atoms with Crippen LogP contribution in [-0.2, 0) is 6.42 Å². The lowest BCUT2D eigenvalue weighted by atomic mass is 9.93. The summed E-state index contributed by atoms with van der Waals surface area (Å²) in [6, 6.07) is 12.3. The lowest BCUT2D eigenvalue weighted by Crippen LogP contribution is -2.28. The smallest absolute Gasteiger partial charge is 0.134 e. The molecule has 1 unspecified atom stereocenters. The monoisotopic (exact) mass is 322 g/mol. The fourth-order valence-corrected chi connectivity index (χ4v) is 3.35. The average molecular weight is 322 g/mol. The van der Waals surface area contributed by atoms with Gasteiger partial charge in [-0.1, -0.05) is 18.2 Å². The predicted molar refractivity (Wildman–Crippen MR) is 94.9 cm³/mol. The first kappa shape index (κ1) is 15.1. The molecule has 0 saturated heterocycles. The molecule has 0 amide bonds. The highest BCUT2D eigenvalue weighted by Gasteiger charge is 2.29. The Hall–Kier alpha value is -2.42. The van der Waals surface area contributed by atoms with E-state index in [2.05, 4.69) is 50.3 Å². The van der Waals surface area contributed by atoms with Crippen LogP contribution < -0.4 is 14.2 Å². The van der Waals surface area contributed by atoms with Gasteiger partial charge in [0.25, 0.3) is 0 Å². The van der Waals surface area contributed by atoms with Gasteiger partial charge in [-0.2, -0.15) is 0 Å². The molecule has 0 aliphatic carbocycles. The van der Waals surface area contributed by atoms with Crippen molar-refractivity contribution in [2.24, 2.45) is 0 Å². The van der Waals surface area contributed by atoms with Crippen LogP contribution >= 0.6 is 0 Å². The van der Waals surface area contributed by atoms with Crippen molar-refractivity contribution in [3.05, 3.63) is 59.2 Å². The number of rotatable bonds is 2. The Morgan fingerprint density at radius 3 is 2.62 bits per heavy atom. The van der Waals surface area contributed by atoms with Crippen molar-refractivity contribution in [3.63, 3.8) is 0 Å². The third kappa shape index (κ3) is 2.64. The lowest BCUT2D eigenvalue weighted by molar-refractivity contribution is 0.151. The van der Waals surface area contributed by atoms with Gasteiger partial charge in [-0.3, -0.25) is 0 Å². The maximum atomic E-state index is 6.39. The zero-order valence-electron chi connectivity index (χ0n) is 14.3. The molecule has 0 saturated carbocycles. The minimum atomic E-state index is -0.273. The van der Waals surface area contributed by atoms with Crippen LogP contribution in [0.5, 0.6) is 17.2 Å². The van der Waals surface area contributed by atoms with Crippen molar-refractivity contribution in [2.45, 2.75) is 38.4 Å². The summed E-state index contributed by atoms with van der Waals surface area (Å²) in [4.78, 5) is 0. The molecule has 0 aromatic heterocycles. The Morgan fingerprint density at radius 2 is 1.88 bits per heavy atom. The van der Waals surface area contributed by atoms with E-state index in [0.717, 1.165) is 35.7 Å². The highest BCUT2D eigenvalue weighted by molar-refractivity contribution is 5.69. The van der Waals surface area contributed by atoms with Crippen molar-refractivity contribution in [3.8, 4) is 17.2 Å². The molecule has 0 fully saturated rings. The molecule has 1 atom stereocenters. The molecule has 2 aliphatic heterocycles. The van der Waals surface area contributed by atoms with Gasteiger partial charge in [-0.25, -0.2) is 0 Å². The fourth-order valence-electron chi connectivity index (χ4n) is 3.35. The second-order valence-electron chi connectivity index (χ2n) is 6.92. The second-order valence-corrected chi connectivity index (χ2v) is 6.92. The lowest BCUT2D eigenvalue weighted by Gasteiger charge is -2.33. The van der Waals surface area contributed by atoms with E-state index in [9.17, 15) is 0 Å². The van der Waals surface area contributed by atoms with Gasteiger partial charge in [-0.15, -0.1) is 0 Å². The molecule has 0 bridgehead atoms. The van der Waals surface area contributed by atoms with E-state index in [0.29, 0.717) is 0 Å². The summed E-state index contributed by atoms with van der Waals surface area (Å²) < 4.78 is 17.7. The molecular formula is C21H22O3. The van der Waals surface area contributed by atoms with Gasteiger partial charge < -0.3 is 14.2 Å². The maximum Gasteiger partial charge on any atom is 0.134 e. The van der Waals surface area contributed by atoms with Crippen LogP contribution in [0, 0.1) is 0 Å². The largest absolute Gasteiger partial charge is 0.497 e. The van der Waals surface area contributed by atoms with Crippen molar-refractivity contribution in [2.75, 3.05) is 7.11 Å². The first-order valence-electron chi connectivity index (χ1n) is 8.40. The topological polar surface area (TPSA) is 27.7 Å². The van der Waals surface area contributed by atoms with Crippen LogP contribution in [0.25, 0.3) is 6.08 Å². The third-order valence-electron chi connectivity index (χ3n) is 4.69. The van der Waals surface area contributed by atoms with Crippen LogP contribution in [0.1, 0.15) is 43.1 Å². The molecule has 2 aromatic carbocycles. The Kier molecular flexibility index (Phi) is 3.52. The van der Waals surface area contributed by atoms with Crippen LogP contribution in [0.3, 0.4) is 0 Å². The summed E-state index contributed by atoms with van der Waals surface area (Å²) in [5.41, 5.74) is 3.22. The summed E-state index contributed by atoms with van der Waals surface area (Å²) in [5.74, 6) is 2.73. The van der Waals surface area contributed by atoms with Crippen molar-refractivity contribution < 1.29 is 14.2 Å². The molecular weight excluding hydrogens is 300 g/mol. The zero-order chi connectivity index (χ0) is 16.7. The van der Waals surface area contributed by atoms with E-state index in [-0.39, 0.29) is 11.7 Å². The number of methoxy groups -OCH3 is 1. The highest BCUT2D eigenvalue weighted by Crippen LogP contribution is 2.44. The number of hydrogen-bond donors (Lipinski definition) is 0. The number of aryl methyl sites for hydroxylation is 1. The molecule has 2 heterocycles. The first-order chi connectivity index (χ1) is 11.6. The molecule has 3 nitrogen and oxygen atoms in total. The van der Waals surface area contributed by atoms with Crippen molar-refractivity contribution in [1.82, 2.24) is 0 Å². The van der Waals surface area contributed by atoms with Gasteiger partial charge in [0.15, 0.2) is 0 Å². The van der Waals surface area contributed by atoms with Gasteiger partial charge in [0.05, 0.1) is 12.7 Å². The Bertz CT molecular complexity index is 787. The molecule has 0 radical (unpaired) electrons. The minimum absolute atomic E-state index is 0.0678. The summed E-state index contributed by atoms with van der Waals surface area (Å²) in [6.45, 7) is 4.12. The third-order valence-corrected chi connectivity index (χ3v) is 4.69. The number of benzene rings is 2. The zero-order valence-corrected chi connectivity index (χ0v) is 14.3. The van der Waals surface area contributed by atoms with Gasteiger partial charge in [-0.05, 0) is 68.2 Å². The van der Waals surface area contributed by atoms with Crippen LogP contribution in [0.4, 0.5) is 0 Å². The second kappa shape index (κ2) is 5.59. The summed E-state index contributed by atoms with van der Waals surface area (Å²) >= 11 is 0. The number of ether oxygens (including phenoxy) is 3. The van der Waals surface area contributed by atoms with Gasteiger partial charge in [0, 0.05) is 0 Å². The van der Waals surface area contributed by atoms with Crippen molar-refractivity contribution >= 4 is 6.08 Å². The molecule has 3 heteroatoms. The number of hydrogen-bond acceptors (Lipinski definition) is 3. The Morgan fingerprint density at radius 1 is 1.08 bits per heavy atom. The standard InChI is InChI=1S/C21H22O3/c1-21(2)13-12-17-19(24-21)11-7-15-6-10-18(23-20(15)17)14-4-8-16(22-3)9-5-14/h4-5,7-9,11-13,18H,6,10H2,1-3H3. The van der Waals surface area contributed by atoms with E-state index < -0.39 is 0 Å². The SMILES string of the molecule is COc1ccc(C2CCc3ccc4c(c3O2)C=CC(C)(C)O4)cc1. The summed E-state index contributed by atoms with van der Waals surface area (Å²) in [6.07, 6.45) is 6.28. The van der Waals surface area contributed by atoms with E-state index in [1.165, 1.54) is 11.1 Å².